The molecule has 154 valence electrons. The Kier molecular flexibility index (Phi) is 4.19. The minimum absolute atomic E-state index is 0.0165. The first kappa shape index (κ1) is 18.5. The van der Waals surface area contributed by atoms with Crippen LogP contribution in [0.1, 0.15) is 38.3 Å². The summed E-state index contributed by atoms with van der Waals surface area (Å²) in [5.41, 5.74) is 0.593. The number of benzene rings is 1. The minimum atomic E-state index is -0.602. The number of aryl methyl sites for hydroxylation is 2. The van der Waals surface area contributed by atoms with E-state index >= 15 is 0 Å². The van der Waals surface area contributed by atoms with Crippen molar-refractivity contribution in [3.63, 3.8) is 0 Å². The molecular formula is C21H21N5O4. The second kappa shape index (κ2) is 6.79. The molecule has 5 rings (SSSR count). The lowest BCUT2D eigenvalue weighted by atomic mass is 9.81. The van der Waals surface area contributed by atoms with Gasteiger partial charge in [-0.1, -0.05) is 23.4 Å². The molecule has 2 aliphatic rings. The monoisotopic (exact) mass is 407 g/mol. The summed E-state index contributed by atoms with van der Waals surface area (Å²) < 4.78 is 10.9. The van der Waals surface area contributed by atoms with Gasteiger partial charge in [-0.15, -0.1) is 0 Å². The lowest BCUT2D eigenvalue weighted by Crippen LogP contribution is -2.41. The van der Waals surface area contributed by atoms with Crippen molar-refractivity contribution in [1.82, 2.24) is 24.9 Å². The highest BCUT2D eigenvalue weighted by atomic mass is 16.5. The molecule has 3 aromatic rings. The van der Waals surface area contributed by atoms with Crippen molar-refractivity contribution >= 4 is 11.8 Å². The van der Waals surface area contributed by atoms with Crippen LogP contribution in [0, 0.1) is 19.8 Å². The highest BCUT2D eigenvalue weighted by molar-refractivity contribution is 5.95. The van der Waals surface area contributed by atoms with Gasteiger partial charge in [-0.25, -0.2) is 4.98 Å². The zero-order valence-electron chi connectivity index (χ0n) is 16.7. The third-order valence-corrected chi connectivity index (χ3v) is 6.10. The molecule has 0 bridgehead atoms. The van der Waals surface area contributed by atoms with Crippen LogP contribution in [-0.4, -0.2) is 62.9 Å². The molecule has 0 saturated carbocycles. The molecular weight excluding hydrogens is 386 g/mol. The Morgan fingerprint density at radius 1 is 1.07 bits per heavy atom. The van der Waals surface area contributed by atoms with Crippen LogP contribution in [0.4, 0.5) is 0 Å². The molecule has 2 saturated heterocycles. The van der Waals surface area contributed by atoms with Crippen molar-refractivity contribution in [1.29, 1.82) is 0 Å². The van der Waals surface area contributed by atoms with Crippen LogP contribution >= 0.6 is 0 Å². The number of aromatic nitrogens is 3. The smallest absolute Gasteiger partial charge is 0.291 e. The molecule has 30 heavy (non-hydrogen) atoms. The summed E-state index contributed by atoms with van der Waals surface area (Å²) >= 11 is 0. The number of fused-ring (bicyclic) bond motifs is 1. The SMILES string of the molecule is Cc1noc([C@@]23CN(C(=O)c4ccccc4)C[C@@H]2CN(C(=O)c2ocnc2C)C3)n1. The molecule has 0 N–H and O–H groups in total. The minimum Gasteiger partial charge on any atom is -0.438 e. The number of carbonyl (C=O) groups is 2. The van der Waals surface area contributed by atoms with Crippen molar-refractivity contribution in [3.05, 3.63) is 65.5 Å². The van der Waals surface area contributed by atoms with Gasteiger partial charge in [0.1, 0.15) is 0 Å². The maximum atomic E-state index is 13.1. The van der Waals surface area contributed by atoms with Crippen molar-refractivity contribution in [3.8, 4) is 0 Å². The lowest BCUT2D eigenvalue weighted by Gasteiger charge is -2.25. The molecule has 2 fully saturated rings. The van der Waals surface area contributed by atoms with Crippen LogP contribution in [0.3, 0.4) is 0 Å². The van der Waals surface area contributed by atoms with Gasteiger partial charge in [-0.05, 0) is 26.0 Å². The summed E-state index contributed by atoms with van der Waals surface area (Å²) in [6.07, 6.45) is 1.27. The number of carbonyl (C=O) groups excluding carboxylic acids is 2. The number of hydrogen-bond donors (Lipinski definition) is 0. The zero-order chi connectivity index (χ0) is 20.9. The Bertz CT molecular complexity index is 1110. The van der Waals surface area contributed by atoms with E-state index in [1.807, 2.05) is 35.2 Å². The van der Waals surface area contributed by atoms with Gasteiger partial charge < -0.3 is 18.7 Å². The van der Waals surface area contributed by atoms with Gasteiger partial charge in [0, 0.05) is 37.7 Å². The number of oxazole rings is 1. The standard InChI is InChI=1S/C21H21N5O4/c1-13-17(29-12-22-13)19(28)26-9-16-8-25(18(27)15-6-4-3-5-7-15)10-21(16,11-26)20-23-14(2)24-30-20/h3-7,12,16H,8-11H2,1-2H3/t16-,21-/m1/s1. The fourth-order valence-corrected chi connectivity index (χ4v) is 4.59. The topological polar surface area (TPSA) is 106 Å². The van der Waals surface area contributed by atoms with Gasteiger partial charge in [0.15, 0.2) is 12.2 Å². The molecule has 2 aliphatic heterocycles. The van der Waals surface area contributed by atoms with Crippen LogP contribution < -0.4 is 0 Å². The van der Waals surface area contributed by atoms with Gasteiger partial charge in [-0.2, -0.15) is 4.98 Å². The summed E-state index contributed by atoms with van der Waals surface area (Å²) in [4.78, 5) is 38.1. The molecule has 4 heterocycles. The predicted molar refractivity (Wildman–Crippen MR) is 104 cm³/mol. The second-order valence-corrected chi connectivity index (χ2v) is 8.00. The molecule has 0 radical (unpaired) electrons. The first-order valence-corrected chi connectivity index (χ1v) is 9.82. The molecule has 9 nitrogen and oxygen atoms in total. The molecule has 1 aromatic carbocycles. The van der Waals surface area contributed by atoms with E-state index < -0.39 is 5.41 Å². The molecule has 0 spiro atoms. The van der Waals surface area contributed by atoms with Crippen LogP contribution in [0.15, 0.2) is 45.7 Å². The van der Waals surface area contributed by atoms with Gasteiger partial charge in [0.25, 0.3) is 11.8 Å². The average molecular weight is 407 g/mol. The third kappa shape index (κ3) is 2.80. The van der Waals surface area contributed by atoms with Crippen molar-refractivity contribution in [2.45, 2.75) is 19.3 Å². The quantitative estimate of drug-likeness (QED) is 0.652. The Morgan fingerprint density at radius 2 is 1.77 bits per heavy atom. The summed E-state index contributed by atoms with van der Waals surface area (Å²) in [5, 5.41) is 3.96. The Labute approximate surface area is 172 Å². The summed E-state index contributed by atoms with van der Waals surface area (Å²) in [7, 11) is 0. The Morgan fingerprint density at radius 3 is 2.37 bits per heavy atom. The molecule has 9 heteroatoms. The summed E-state index contributed by atoms with van der Waals surface area (Å²) in [6.45, 7) is 5.26. The maximum absolute atomic E-state index is 13.1. The molecule has 0 aliphatic carbocycles. The first-order valence-electron chi connectivity index (χ1n) is 9.82. The predicted octanol–water partition coefficient (Wildman–Crippen LogP) is 1.84. The molecule has 2 atom stereocenters. The normalized spacial score (nSPS) is 23.1. The van der Waals surface area contributed by atoms with Crippen LogP contribution in [0.2, 0.25) is 0 Å². The lowest BCUT2D eigenvalue weighted by molar-refractivity contribution is 0.0707. The fraction of sp³-hybridized carbons (Fsp3) is 0.381. The third-order valence-electron chi connectivity index (χ3n) is 6.10. The summed E-state index contributed by atoms with van der Waals surface area (Å²) in [5.74, 6) is 0.974. The molecule has 2 aromatic heterocycles. The van der Waals surface area contributed by atoms with E-state index in [0.29, 0.717) is 49.2 Å². The van der Waals surface area contributed by atoms with Crippen LogP contribution in [0.5, 0.6) is 0 Å². The van der Waals surface area contributed by atoms with E-state index in [4.69, 9.17) is 8.94 Å². The van der Waals surface area contributed by atoms with Crippen molar-refractivity contribution in [2.75, 3.05) is 26.2 Å². The highest BCUT2D eigenvalue weighted by Gasteiger charge is 2.59. The zero-order valence-corrected chi connectivity index (χ0v) is 16.7. The fourth-order valence-electron chi connectivity index (χ4n) is 4.59. The number of nitrogens with zero attached hydrogens (tertiary/aromatic N) is 5. The average Bonchev–Trinajstić information content (AvgIpc) is 3.50. The maximum Gasteiger partial charge on any atom is 0.291 e. The number of hydrogen-bond acceptors (Lipinski definition) is 7. The van der Waals surface area contributed by atoms with Crippen LogP contribution in [-0.2, 0) is 5.41 Å². The van der Waals surface area contributed by atoms with E-state index in [2.05, 4.69) is 15.1 Å². The largest absolute Gasteiger partial charge is 0.438 e. The van der Waals surface area contributed by atoms with Crippen molar-refractivity contribution < 1.29 is 18.5 Å². The highest BCUT2D eigenvalue weighted by Crippen LogP contribution is 2.45. The Balaban J connectivity index is 1.46. The number of rotatable bonds is 3. The van der Waals surface area contributed by atoms with Crippen LogP contribution in [0.25, 0.3) is 0 Å². The van der Waals surface area contributed by atoms with Gasteiger partial charge in [-0.3, -0.25) is 9.59 Å². The van der Waals surface area contributed by atoms with E-state index in [0.717, 1.165) is 0 Å². The summed E-state index contributed by atoms with van der Waals surface area (Å²) in [6, 6.07) is 9.20. The number of likely N-dealkylation sites (tertiary alicyclic amines) is 2. The van der Waals surface area contributed by atoms with Crippen molar-refractivity contribution in [2.24, 2.45) is 5.92 Å². The Hall–Kier alpha value is -3.49. The van der Waals surface area contributed by atoms with Gasteiger partial charge in [0.2, 0.25) is 11.7 Å². The second-order valence-electron chi connectivity index (χ2n) is 8.00. The molecule has 2 amide bonds. The van der Waals surface area contributed by atoms with Gasteiger partial charge in [0.05, 0.1) is 11.1 Å². The number of amides is 2. The van der Waals surface area contributed by atoms with Gasteiger partial charge >= 0.3 is 0 Å². The van der Waals surface area contributed by atoms with E-state index in [1.54, 1.807) is 18.7 Å². The van der Waals surface area contributed by atoms with E-state index in [9.17, 15) is 9.59 Å². The van der Waals surface area contributed by atoms with E-state index in [1.165, 1.54) is 6.39 Å². The first-order chi connectivity index (χ1) is 14.5. The molecule has 0 unspecified atom stereocenters. The van der Waals surface area contributed by atoms with E-state index in [-0.39, 0.29) is 23.5 Å².